The van der Waals surface area contributed by atoms with Crippen LogP contribution in [0.1, 0.15) is 25.3 Å². The fourth-order valence-corrected chi connectivity index (χ4v) is 3.30. The molecule has 3 atom stereocenters. The molecule has 1 N–H and O–H groups in total. The minimum absolute atomic E-state index is 0.226. The zero-order valence-corrected chi connectivity index (χ0v) is 12.7. The Kier molecular flexibility index (Phi) is 4.78. The van der Waals surface area contributed by atoms with E-state index < -0.39 is 6.10 Å². The van der Waals surface area contributed by atoms with Crippen molar-refractivity contribution in [2.24, 2.45) is 0 Å². The molecule has 0 bridgehead atoms. The highest BCUT2D eigenvalue weighted by molar-refractivity contribution is 5.59. The van der Waals surface area contributed by atoms with Crippen LogP contribution in [0.15, 0.2) is 24.3 Å². The second kappa shape index (κ2) is 6.77. The van der Waals surface area contributed by atoms with Crippen molar-refractivity contribution in [1.29, 1.82) is 0 Å². The average molecular weight is 291 g/mol. The van der Waals surface area contributed by atoms with Gasteiger partial charge in [0.2, 0.25) is 0 Å². The number of hydrogen-bond donors (Lipinski definition) is 1. The maximum absolute atomic E-state index is 10.2. The molecule has 4 nitrogen and oxygen atoms in total. The molecule has 1 aromatic rings. The maximum atomic E-state index is 10.2. The number of aliphatic hydroxyl groups excluding tert-OH is 1. The molecule has 0 saturated carbocycles. The molecule has 3 unspecified atom stereocenters. The number of rotatable bonds is 6. The van der Waals surface area contributed by atoms with Crippen molar-refractivity contribution in [2.45, 2.75) is 44.4 Å². The van der Waals surface area contributed by atoms with E-state index in [2.05, 4.69) is 36.1 Å². The van der Waals surface area contributed by atoms with E-state index in [0.29, 0.717) is 25.8 Å². The first-order valence-electron chi connectivity index (χ1n) is 7.96. The van der Waals surface area contributed by atoms with Crippen molar-refractivity contribution in [2.75, 3.05) is 31.3 Å². The second-order valence-electron chi connectivity index (χ2n) is 6.16. The second-order valence-corrected chi connectivity index (χ2v) is 6.16. The van der Waals surface area contributed by atoms with Crippen LogP contribution < -0.4 is 4.90 Å². The summed E-state index contributed by atoms with van der Waals surface area (Å²) in [5.74, 6) is 0. The van der Waals surface area contributed by atoms with Gasteiger partial charge in [0.15, 0.2) is 0 Å². The Hall–Kier alpha value is -1.10. The summed E-state index contributed by atoms with van der Waals surface area (Å²) < 4.78 is 11.1. The smallest absolute Gasteiger partial charge is 0.0948 e. The van der Waals surface area contributed by atoms with Crippen LogP contribution in [-0.2, 0) is 15.9 Å². The quantitative estimate of drug-likeness (QED) is 0.870. The summed E-state index contributed by atoms with van der Waals surface area (Å²) in [6.07, 6.45) is 3.02. The van der Waals surface area contributed by atoms with Gasteiger partial charge in [0, 0.05) is 24.9 Å². The molecule has 0 aromatic heterocycles. The van der Waals surface area contributed by atoms with Gasteiger partial charge in [0.25, 0.3) is 0 Å². The fraction of sp³-hybridized carbons (Fsp3) is 0.647. The highest BCUT2D eigenvalue weighted by atomic mass is 16.5. The van der Waals surface area contributed by atoms with E-state index in [-0.39, 0.29) is 6.10 Å². The first-order valence-corrected chi connectivity index (χ1v) is 7.96. The number of fused-ring (bicyclic) bond motifs is 1. The number of hydrogen-bond acceptors (Lipinski definition) is 4. The fourth-order valence-electron chi connectivity index (χ4n) is 3.30. The van der Waals surface area contributed by atoms with Gasteiger partial charge in [-0.1, -0.05) is 18.2 Å². The van der Waals surface area contributed by atoms with Gasteiger partial charge in [-0.15, -0.1) is 0 Å². The molecule has 0 spiro atoms. The minimum Gasteiger partial charge on any atom is -0.389 e. The number of β-amino-alcohol motifs (C(OH)–C–C–N with tert-alkyl or cyclic N) is 1. The Morgan fingerprint density at radius 2 is 2.29 bits per heavy atom. The molecule has 116 valence electrons. The van der Waals surface area contributed by atoms with Gasteiger partial charge in [-0.3, -0.25) is 0 Å². The molecule has 1 saturated heterocycles. The van der Waals surface area contributed by atoms with Gasteiger partial charge in [-0.05, 0) is 37.8 Å². The van der Waals surface area contributed by atoms with Crippen LogP contribution in [0.5, 0.6) is 0 Å². The average Bonchev–Trinajstić information content (AvgIpc) is 3.08. The first-order chi connectivity index (χ1) is 10.2. The molecule has 1 aromatic carbocycles. The van der Waals surface area contributed by atoms with Crippen LogP contribution in [0.4, 0.5) is 5.69 Å². The van der Waals surface area contributed by atoms with E-state index in [1.165, 1.54) is 11.3 Å². The Bertz CT molecular complexity index is 459. The van der Waals surface area contributed by atoms with Crippen molar-refractivity contribution >= 4 is 5.69 Å². The number of para-hydroxylation sites is 1. The summed E-state index contributed by atoms with van der Waals surface area (Å²) in [5, 5.41) is 10.2. The van der Waals surface area contributed by atoms with Crippen molar-refractivity contribution in [3.63, 3.8) is 0 Å². The maximum Gasteiger partial charge on any atom is 0.0948 e. The van der Waals surface area contributed by atoms with Gasteiger partial charge in [-0.25, -0.2) is 0 Å². The van der Waals surface area contributed by atoms with E-state index >= 15 is 0 Å². The molecule has 0 aliphatic carbocycles. The molecule has 0 radical (unpaired) electrons. The Labute approximate surface area is 126 Å². The summed E-state index contributed by atoms with van der Waals surface area (Å²) >= 11 is 0. The lowest BCUT2D eigenvalue weighted by molar-refractivity contribution is -0.0151. The van der Waals surface area contributed by atoms with Crippen molar-refractivity contribution in [3.8, 4) is 0 Å². The molecule has 1 fully saturated rings. The van der Waals surface area contributed by atoms with E-state index in [1.54, 1.807) is 0 Å². The van der Waals surface area contributed by atoms with Crippen LogP contribution in [0.3, 0.4) is 0 Å². The van der Waals surface area contributed by atoms with Gasteiger partial charge >= 0.3 is 0 Å². The number of nitrogens with zero attached hydrogens (tertiary/aromatic N) is 1. The molecular formula is C17H25NO3. The van der Waals surface area contributed by atoms with Crippen molar-refractivity contribution in [3.05, 3.63) is 29.8 Å². The van der Waals surface area contributed by atoms with Gasteiger partial charge < -0.3 is 19.5 Å². The van der Waals surface area contributed by atoms with Crippen LogP contribution in [0, 0.1) is 0 Å². The summed E-state index contributed by atoms with van der Waals surface area (Å²) in [7, 11) is 0. The molecule has 2 heterocycles. The van der Waals surface area contributed by atoms with Crippen LogP contribution in [0.2, 0.25) is 0 Å². The van der Waals surface area contributed by atoms with E-state index in [1.807, 2.05) is 0 Å². The third-order valence-electron chi connectivity index (χ3n) is 4.39. The molecule has 21 heavy (non-hydrogen) atoms. The number of ether oxygens (including phenoxy) is 2. The van der Waals surface area contributed by atoms with Crippen LogP contribution >= 0.6 is 0 Å². The van der Waals surface area contributed by atoms with Gasteiger partial charge in [-0.2, -0.15) is 0 Å². The summed E-state index contributed by atoms with van der Waals surface area (Å²) in [4.78, 5) is 2.29. The highest BCUT2D eigenvalue weighted by Gasteiger charge is 2.27. The molecular weight excluding hydrogens is 266 g/mol. The molecule has 2 aliphatic heterocycles. The Morgan fingerprint density at radius 1 is 1.43 bits per heavy atom. The molecule has 3 rings (SSSR count). The number of aliphatic hydroxyl groups is 1. The molecule has 2 aliphatic rings. The van der Waals surface area contributed by atoms with E-state index in [0.717, 1.165) is 25.9 Å². The van der Waals surface area contributed by atoms with Crippen molar-refractivity contribution in [1.82, 2.24) is 0 Å². The minimum atomic E-state index is -0.458. The third kappa shape index (κ3) is 3.57. The zero-order chi connectivity index (χ0) is 14.7. The van der Waals surface area contributed by atoms with E-state index in [9.17, 15) is 5.11 Å². The standard InChI is InChI=1S/C17H25NO3/c1-13-9-14-5-2-3-7-17(14)18(13)10-15(19)11-20-12-16-6-4-8-21-16/h2-3,5,7,13,15-16,19H,4,6,8-12H2,1H3. The largest absolute Gasteiger partial charge is 0.389 e. The molecule has 0 amide bonds. The lowest BCUT2D eigenvalue weighted by Gasteiger charge is -2.27. The topological polar surface area (TPSA) is 41.9 Å². The Balaban J connectivity index is 1.47. The first kappa shape index (κ1) is 14.8. The predicted molar refractivity (Wildman–Crippen MR) is 82.8 cm³/mol. The van der Waals surface area contributed by atoms with Gasteiger partial charge in [0.05, 0.1) is 25.4 Å². The summed E-state index contributed by atoms with van der Waals surface area (Å²) in [6.45, 7) is 4.66. The lowest BCUT2D eigenvalue weighted by Crippen LogP contribution is -2.38. The highest BCUT2D eigenvalue weighted by Crippen LogP contribution is 2.31. The molecule has 4 heteroatoms. The van der Waals surface area contributed by atoms with Crippen LogP contribution in [-0.4, -0.2) is 49.7 Å². The number of benzene rings is 1. The zero-order valence-electron chi connectivity index (χ0n) is 12.7. The number of anilines is 1. The predicted octanol–water partition coefficient (Wildman–Crippen LogP) is 1.99. The SMILES string of the molecule is CC1Cc2ccccc2N1CC(O)COCC1CCCO1. The normalized spacial score (nSPS) is 26.1. The summed E-state index contributed by atoms with van der Waals surface area (Å²) in [6, 6.07) is 8.89. The van der Waals surface area contributed by atoms with Crippen LogP contribution in [0.25, 0.3) is 0 Å². The lowest BCUT2D eigenvalue weighted by atomic mass is 10.1. The van der Waals surface area contributed by atoms with Crippen molar-refractivity contribution < 1.29 is 14.6 Å². The van der Waals surface area contributed by atoms with E-state index in [4.69, 9.17) is 9.47 Å². The monoisotopic (exact) mass is 291 g/mol. The summed E-state index contributed by atoms with van der Waals surface area (Å²) in [5.41, 5.74) is 2.63. The Morgan fingerprint density at radius 3 is 3.10 bits per heavy atom. The third-order valence-corrected chi connectivity index (χ3v) is 4.39. The van der Waals surface area contributed by atoms with Gasteiger partial charge in [0.1, 0.15) is 0 Å².